The van der Waals surface area contributed by atoms with Crippen molar-refractivity contribution in [3.8, 4) is 0 Å². The number of esters is 1. The molecule has 124 valence electrons. The van der Waals surface area contributed by atoms with Crippen molar-refractivity contribution < 1.29 is 44.7 Å². The molecule has 0 N–H and O–H groups in total. The summed E-state index contributed by atoms with van der Waals surface area (Å²) < 4.78 is 103. The van der Waals surface area contributed by atoms with Crippen LogP contribution in [-0.4, -0.2) is 24.0 Å². The van der Waals surface area contributed by atoms with E-state index in [1.807, 2.05) is 0 Å². The Labute approximate surface area is 126 Å². The van der Waals surface area contributed by atoms with Gasteiger partial charge in [-0.25, -0.2) is 9.18 Å². The number of carbonyl (C=O) groups is 1. The summed E-state index contributed by atoms with van der Waals surface area (Å²) in [6.07, 6.45) is -6.64. The predicted molar refractivity (Wildman–Crippen MR) is 59.8 cm³/mol. The Kier molecular flexibility index (Phi) is 5.10. The summed E-state index contributed by atoms with van der Waals surface area (Å²) >= 11 is 2.83. The number of ether oxygens (including phenoxy) is 1. The number of halogens is 9. The normalized spacial score (nSPS) is 13.1. The van der Waals surface area contributed by atoms with Crippen LogP contribution in [0.25, 0.3) is 0 Å². The number of alkyl halides is 7. The molecule has 2 nitrogen and oxygen atoms in total. The highest BCUT2D eigenvalue weighted by molar-refractivity contribution is 9.10. The molecular weight excluding hydrogens is 396 g/mol. The van der Waals surface area contributed by atoms with Crippen LogP contribution >= 0.6 is 15.9 Å². The Morgan fingerprint density at radius 1 is 1.09 bits per heavy atom. The van der Waals surface area contributed by atoms with Gasteiger partial charge in [0.1, 0.15) is 12.4 Å². The third kappa shape index (κ3) is 3.50. The third-order valence-corrected chi connectivity index (χ3v) is 3.15. The van der Waals surface area contributed by atoms with Crippen LogP contribution in [0.1, 0.15) is 5.56 Å². The maximum atomic E-state index is 12.9. The molecule has 0 aromatic heterocycles. The molecule has 0 saturated carbocycles. The van der Waals surface area contributed by atoms with Gasteiger partial charge in [0.2, 0.25) is 0 Å². The quantitative estimate of drug-likeness (QED) is 0.550. The first-order chi connectivity index (χ1) is 9.80. The summed E-state index contributed by atoms with van der Waals surface area (Å²) in [4.78, 5) is 10.9. The number of benzene rings is 1. The molecule has 0 unspecified atom stereocenters. The van der Waals surface area contributed by atoms with Crippen LogP contribution < -0.4 is 0 Å². The van der Waals surface area contributed by atoms with Gasteiger partial charge in [-0.3, -0.25) is 0 Å². The van der Waals surface area contributed by atoms with E-state index in [2.05, 4.69) is 20.7 Å². The van der Waals surface area contributed by atoms with Crippen molar-refractivity contribution >= 4 is 21.9 Å². The largest absolute Gasteiger partial charge is 0.460 e. The fourth-order valence-corrected chi connectivity index (χ4v) is 1.56. The van der Waals surface area contributed by atoms with Crippen molar-refractivity contribution in [3.05, 3.63) is 34.1 Å². The fraction of sp³-hybridized carbons (Fsp3) is 0.364. The zero-order valence-electron chi connectivity index (χ0n) is 10.2. The van der Waals surface area contributed by atoms with E-state index >= 15 is 0 Å². The van der Waals surface area contributed by atoms with Gasteiger partial charge in [-0.15, -0.1) is 0 Å². The van der Waals surface area contributed by atoms with E-state index < -0.39 is 36.4 Å². The zero-order chi connectivity index (χ0) is 17.3. The average molecular weight is 401 g/mol. The molecule has 1 aromatic rings. The van der Waals surface area contributed by atoms with Gasteiger partial charge >= 0.3 is 24.0 Å². The Hall–Kier alpha value is -1.39. The highest BCUT2D eigenvalue weighted by Gasteiger charge is 2.77. The van der Waals surface area contributed by atoms with Crippen LogP contribution in [0.2, 0.25) is 0 Å². The minimum Gasteiger partial charge on any atom is -0.456 e. The fourth-order valence-electron chi connectivity index (χ4n) is 1.19. The highest BCUT2D eigenvalue weighted by Crippen LogP contribution is 2.47. The topological polar surface area (TPSA) is 26.3 Å². The summed E-state index contributed by atoms with van der Waals surface area (Å²) in [5.74, 6) is -16.7. The van der Waals surface area contributed by atoms with Gasteiger partial charge in [0, 0.05) is 10.0 Å². The average Bonchev–Trinajstić information content (AvgIpc) is 2.37. The predicted octanol–water partition coefficient (Wildman–Crippen LogP) is 4.46. The van der Waals surface area contributed by atoms with Gasteiger partial charge in [-0.05, 0) is 18.2 Å². The van der Waals surface area contributed by atoms with Gasteiger partial charge in [-0.1, -0.05) is 15.9 Å². The third-order valence-electron chi connectivity index (χ3n) is 2.37. The maximum absolute atomic E-state index is 12.9. The lowest BCUT2D eigenvalue weighted by atomic mass is 10.1. The van der Waals surface area contributed by atoms with E-state index in [0.717, 1.165) is 18.2 Å². The molecule has 22 heavy (non-hydrogen) atoms. The minimum absolute atomic E-state index is 0.0765. The lowest BCUT2D eigenvalue weighted by Crippen LogP contribution is -2.56. The summed E-state index contributed by atoms with van der Waals surface area (Å²) in [5.41, 5.74) is -0.237. The Balaban J connectivity index is 2.91. The van der Waals surface area contributed by atoms with Crippen LogP contribution in [-0.2, 0) is 16.1 Å². The summed E-state index contributed by atoms with van der Waals surface area (Å²) in [6, 6.07) is 2.76. The van der Waals surface area contributed by atoms with Crippen LogP contribution in [0.5, 0.6) is 0 Å². The lowest BCUT2D eigenvalue weighted by Gasteiger charge is -2.26. The summed E-state index contributed by atoms with van der Waals surface area (Å²) in [7, 11) is 0. The van der Waals surface area contributed by atoms with Crippen molar-refractivity contribution in [2.24, 2.45) is 0 Å². The molecule has 0 amide bonds. The minimum atomic E-state index is -6.64. The Morgan fingerprint density at radius 3 is 2.14 bits per heavy atom. The van der Waals surface area contributed by atoms with E-state index in [4.69, 9.17) is 0 Å². The molecule has 0 spiro atoms. The first-order valence-electron chi connectivity index (χ1n) is 5.24. The number of hydrogen-bond acceptors (Lipinski definition) is 2. The second-order valence-electron chi connectivity index (χ2n) is 3.96. The molecule has 0 radical (unpaired) electrons. The molecule has 1 aromatic carbocycles. The maximum Gasteiger partial charge on any atom is 0.460 e. The Bertz CT molecular complexity index is 570. The van der Waals surface area contributed by atoms with E-state index in [-0.39, 0.29) is 10.0 Å². The smallest absolute Gasteiger partial charge is 0.456 e. The molecule has 0 aliphatic rings. The number of hydrogen-bond donors (Lipinski definition) is 0. The Morgan fingerprint density at radius 2 is 1.64 bits per heavy atom. The second-order valence-corrected chi connectivity index (χ2v) is 4.81. The van der Waals surface area contributed by atoms with Crippen LogP contribution in [0.3, 0.4) is 0 Å². The molecule has 1 rings (SSSR count). The van der Waals surface area contributed by atoms with Crippen LogP contribution in [0, 0.1) is 5.82 Å². The highest BCUT2D eigenvalue weighted by atomic mass is 79.9. The van der Waals surface area contributed by atoms with Crippen LogP contribution in [0.4, 0.5) is 35.1 Å². The zero-order valence-corrected chi connectivity index (χ0v) is 11.7. The summed E-state index contributed by atoms with van der Waals surface area (Å²) in [6.45, 7) is -1.12. The molecule has 11 heteroatoms. The first-order valence-corrected chi connectivity index (χ1v) is 6.03. The molecule has 0 fully saturated rings. The van der Waals surface area contributed by atoms with E-state index in [0.29, 0.717) is 0 Å². The van der Waals surface area contributed by atoms with Crippen molar-refractivity contribution in [3.63, 3.8) is 0 Å². The number of carbonyl (C=O) groups excluding carboxylic acids is 1. The van der Waals surface area contributed by atoms with Gasteiger partial charge in [0.05, 0.1) is 0 Å². The van der Waals surface area contributed by atoms with Crippen LogP contribution in [0.15, 0.2) is 22.7 Å². The van der Waals surface area contributed by atoms with Gasteiger partial charge in [0.15, 0.2) is 0 Å². The summed E-state index contributed by atoms with van der Waals surface area (Å²) in [5, 5.41) is 0. The van der Waals surface area contributed by atoms with Gasteiger partial charge in [-0.2, -0.15) is 30.7 Å². The molecule has 0 saturated heterocycles. The molecule has 0 aliphatic heterocycles. The number of rotatable bonds is 4. The van der Waals surface area contributed by atoms with E-state index in [9.17, 15) is 39.9 Å². The second kappa shape index (κ2) is 6.01. The molecule has 0 atom stereocenters. The van der Waals surface area contributed by atoms with Crippen molar-refractivity contribution in [1.82, 2.24) is 0 Å². The lowest BCUT2D eigenvalue weighted by molar-refractivity contribution is -0.348. The SMILES string of the molecule is O=C(OCc1cc(F)ccc1Br)C(F)(F)C(F)(F)C(F)(F)F. The van der Waals surface area contributed by atoms with Crippen molar-refractivity contribution in [2.45, 2.75) is 24.6 Å². The van der Waals surface area contributed by atoms with Crippen molar-refractivity contribution in [1.29, 1.82) is 0 Å². The van der Waals surface area contributed by atoms with Crippen molar-refractivity contribution in [2.75, 3.05) is 0 Å². The molecule has 0 bridgehead atoms. The first kappa shape index (κ1) is 18.7. The monoisotopic (exact) mass is 400 g/mol. The van der Waals surface area contributed by atoms with E-state index in [1.54, 1.807) is 0 Å². The van der Waals surface area contributed by atoms with Gasteiger partial charge in [0.25, 0.3) is 0 Å². The molecule has 0 heterocycles. The van der Waals surface area contributed by atoms with E-state index in [1.165, 1.54) is 0 Å². The van der Waals surface area contributed by atoms with Gasteiger partial charge < -0.3 is 4.74 Å². The molecule has 0 aliphatic carbocycles. The standard InChI is InChI=1S/C11H5BrF8O2/c12-7-2-1-6(13)3-5(7)4-22-8(21)9(14,15)10(16,17)11(18,19)20/h1-3H,4H2. The molecular formula is C11H5BrF8O2.